The number of aryl methyl sites for hydroxylation is 2. The molecule has 0 atom stereocenters. The number of hydrogen-bond donors (Lipinski definition) is 2. The number of hydrogen-bond acceptors (Lipinski definition) is 4. The monoisotopic (exact) mass is 237 g/mol. The van der Waals surface area contributed by atoms with E-state index in [0.29, 0.717) is 13.0 Å². The summed E-state index contributed by atoms with van der Waals surface area (Å²) in [5, 5.41) is 6.72. The fourth-order valence-corrected chi connectivity index (χ4v) is 2.13. The van der Waals surface area contributed by atoms with Gasteiger partial charge in [-0.15, -0.1) is 0 Å². The van der Waals surface area contributed by atoms with Crippen molar-refractivity contribution >= 4 is 5.91 Å². The van der Waals surface area contributed by atoms with Gasteiger partial charge < -0.3 is 15.6 Å². The van der Waals surface area contributed by atoms with Gasteiger partial charge in [0.15, 0.2) is 0 Å². The average molecular weight is 237 g/mol. The molecule has 5 heteroatoms. The first-order chi connectivity index (χ1) is 8.00. The lowest BCUT2D eigenvalue weighted by Gasteiger charge is -2.37. The topological polar surface area (TPSA) is 81.2 Å². The molecule has 17 heavy (non-hydrogen) atoms. The molecular formula is C12H19N3O2. The number of amides is 1. The fourth-order valence-electron chi connectivity index (χ4n) is 2.13. The van der Waals surface area contributed by atoms with Crippen LogP contribution in [0, 0.1) is 13.8 Å². The number of rotatable bonds is 4. The number of carbonyl (C=O) groups is 1. The highest BCUT2D eigenvalue weighted by Gasteiger charge is 2.34. The summed E-state index contributed by atoms with van der Waals surface area (Å²) in [7, 11) is 0. The molecule has 0 aliphatic heterocycles. The van der Waals surface area contributed by atoms with Crippen molar-refractivity contribution < 1.29 is 9.32 Å². The lowest BCUT2D eigenvalue weighted by Crippen LogP contribution is -2.49. The van der Waals surface area contributed by atoms with Crippen molar-refractivity contribution in [1.82, 2.24) is 10.5 Å². The van der Waals surface area contributed by atoms with Crippen molar-refractivity contribution in [2.45, 2.75) is 51.6 Å². The molecule has 1 aromatic rings. The summed E-state index contributed by atoms with van der Waals surface area (Å²) in [5.74, 6) is 0.765. The van der Waals surface area contributed by atoms with E-state index in [9.17, 15) is 4.79 Å². The van der Waals surface area contributed by atoms with Gasteiger partial charge >= 0.3 is 0 Å². The van der Waals surface area contributed by atoms with E-state index in [-0.39, 0.29) is 11.4 Å². The molecule has 0 aromatic carbocycles. The average Bonchev–Trinajstić information content (AvgIpc) is 2.54. The van der Waals surface area contributed by atoms with Gasteiger partial charge in [-0.05, 0) is 33.1 Å². The van der Waals surface area contributed by atoms with Crippen LogP contribution in [0.2, 0.25) is 0 Å². The van der Waals surface area contributed by atoms with Gasteiger partial charge in [0.05, 0.1) is 5.69 Å². The summed E-state index contributed by atoms with van der Waals surface area (Å²) < 4.78 is 5.03. The van der Waals surface area contributed by atoms with Crippen molar-refractivity contribution in [3.63, 3.8) is 0 Å². The van der Waals surface area contributed by atoms with E-state index in [0.717, 1.165) is 36.3 Å². The van der Waals surface area contributed by atoms with Crippen molar-refractivity contribution in [2.75, 3.05) is 0 Å². The lowest BCUT2D eigenvalue weighted by molar-refractivity contribution is -0.123. The quantitative estimate of drug-likeness (QED) is 0.824. The number of carbonyl (C=O) groups excluding carboxylic acids is 1. The molecule has 0 bridgehead atoms. The summed E-state index contributed by atoms with van der Waals surface area (Å²) in [4.78, 5) is 11.7. The maximum Gasteiger partial charge on any atom is 0.222 e. The predicted octanol–water partition coefficient (Wildman–Crippen LogP) is 1.18. The predicted molar refractivity (Wildman–Crippen MR) is 63.2 cm³/mol. The Bertz CT molecular complexity index is 402. The van der Waals surface area contributed by atoms with E-state index in [1.54, 1.807) is 0 Å². The molecule has 0 radical (unpaired) electrons. The molecule has 1 amide bonds. The van der Waals surface area contributed by atoms with E-state index in [1.807, 2.05) is 13.8 Å². The van der Waals surface area contributed by atoms with Gasteiger partial charge in [0.2, 0.25) is 5.91 Å². The van der Waals surface area contributed by atoms with Gasteiger partial charge in [-0.1, -0.05) is 5.16 Å². The second kappa shape index (κ2) is 4.49. The maximum absolute atomic E-state index is 11.7. The van der Waals surface area contributed by atoms with Gasteiger partial charge in [0.1, 0.15) is 5.76 Å². The molecule has 94 valence electrons. The molecule has 1 fully saturated rings. The van der Waals surface area contributed by atoms with Crippen LogP contribution in [-0.2, 0) is 11.3 Å². The van der Waals surface area contributed by atoms with E-state index >= 15 is 0 Å². The number of aromatic nitrogens is 1. The summed E-state index contributed by atoms with van der Waals surface area (Å²) in [6.07, 6.45) is 3.45. The number of nitrogens with two attached hydrogens (primary N) is 1. The van der Waals surface area contributed by atoms with Crippen LogP contribution in [0.25, 0.3) is 0 Å². The molecule has 0 saturated heterocycles. The van der Waals surface area contributed by atoms with Crippen LogP contribution in [-0.4, -0.2) is 16.6 Å². The molecule has 0 spiro atoms. The van der Waals surface area contributed by atoms with Crippen LogP contribution < -0.4 is 11.1 Å². The lowest BCUT2D eigenvalue weighted by atomic mass is 9.75. The van der Waals surface area contributed by atoms with Crippen molar-refractivity contribution in [3.05, 3.63) is 17.0 Å². The Balaban J connectivity index is 1.84. The van der Waals surface area contributed by atoms with Gasteiger partial charge in [-0.3, -0.25) is 4.79 Å². The highest BCUT2D eigenvalue weighted by Crippen LogP contribution is 2.31. The first kappa shape index (κ1) is 12.1. The maximum atomic E-state index is 11.7. The van der Waals surface area contributed by atoms with Crippen LogP contribution in [0.15, 0.2) is 4.52 Å². The third-order valence-electron chi connectivity index (χ3n) is 3.51. The molecule has 3 N–H and O–H groups in total. The number of nitrogens with one attached hydrogen (secondary N) is 1. The Labute approximate surface area is 101 Å². The minimum Gasteiger partial charge on any atom is -0.361 e. The highest BCUT2D eigenvalue weighted by molar-refractivity contribution is 5.77. The van der Waals surface area contributed by atoms with E-state index in [4.69, 9.17) is 10.3 Å². The third kappa shape index (κ3) is 2.66. The van der Waals surface area contributed by atoms with E-state index < -0.39 is 0 Å². The summed E-state index contributed by atoms with van der Waals surface area (Å²) in [6.45, 7) is 4.18. The van der Waals surface area contributed by atoms with Crippen molar-refractivity contribution in [3.8, 4) is 0 Å². The Morgan fingerprint density at radius 2 is 2.24 bits per heavy atom. The van der Waals surface area contributed by atoms with Crippen LogP contribution in [0.3, 0.4) is 0 Å². The Hall–Kier alpha value is -1.36. The first-order valence-electron chi connectivity index (χ1n) is 5.97. The zero-order chi connectivity index (χ0) is 12.5. The molecule has 2 rings (SSSR count). The Kier molecular flexibility index (Phi) is 3.19. The molecule has 1 aliphatic rings. The highest BCUT2D eigenvalue weighted by atomic mass is 16.5. The second-order valence-corrected chi connectivity index (χ2v) is 4.97. The zero-order valence-corrected chi connectivity index (χ0v) is 10.4. The van der Waals surface area contributed by atoms with Crippen LogP contribution >= 0.6 is 0 Å². The minimum absolute atomic E-state index is 0.00667. The molecule has 1 heterocycles. The van der Waals surface area contributed by atoms with Gasteiger partial charge in [0, 0.05) is 24.1 Å². The second-order valence-electron chi connectivity index (χ2n) is 4.97. The SMILES string of the molecule is Cc1noc(C)c1CNC(=O)CC1(N)CCC1. The standard InChI is InChI=1S/C12H19N3O2/c1-8-10(9(2)17-15-8)7-14-11(16)6-12(13)4-3-5-12/h3-7,13H2,1-2H3,(H,14,16). The van der Waals surface area contributed by atoms with E-state index in [1.165, 1.54) is 0 Å². The van der Waals surface area contributed by atoms with Gasteiger partial charge in [-0.25, -0.2) is 0 Å². The summed E-state index contributed by atoms with van der Waals surface area (Å²) >= 11 is 0. The number of nitrogens with zero attached hydrogens (tertiary/aromatic N) is 1. The van der Waals surface area contributed by atoms with Crippen LogP contribution in [0.5, 0.6) is 0 Å². The molecule has 1 aliphatic carbocycles. The molecule has 1 aromatic heterocycles. The van der Waals surface area contributed by atoms with Crippen LogP contribution in [0.4, 0.5) is 0 Å². The summed E-state index contributed by atoms with van der Waals surface area (Å²) in [6, 6.07) is 0. The van der Waals surface area contributed by atoms with Crippen molar-refractivity contribution in [2.24, 2.45) is 5.73 Å². The third-order valence-corrected chi connectivity index (χ3v) is 3.51. The van der Waals surface area contributed by atoms with E-state index in [2.05, 4.69) is 10.5 Å². The smallest absolute Gasteiger partial charge is 0.222 e. The van der Waals surface area contributed by atoms with Crippen LogP contribution in [0.1, 0.15) is 42.7 Å². The normalized spacial score (nSPS) is 17.6. The van der Waals surface area contributed by atoms with Gasteiger partial charge in [-0.2, -0.15) is 0 Å². The molecule has 1 saturated carbocycles. The van der Waals surface area contributed by atoms with Crippen molar-refractivity contribution in [1.29, 1.82) is 0 Å². The largest absolute Gasteiger partial charge is 0.361 e. The molecule has 0 unspecified atom stereocenters. The molecular weight excluding hydrogens is 218 g/mol. The Morgan fingerprint density at radius 1 is 1.53 bits per heavy atom. The first-order valence-corrected chi connectivity index (χ1v) is 5.97. The fraction of sp³-hybridized carbons (Fsp3) is 0.667. The molecule has 5 nitrogen and oxygen atoms in total. The zero-order valence-electron chi connectivity index (χ0n) is 10.4. The minimum atomic E-state index is -0.261. The Morgan fingerprint density at radius 3 is 2.71 bits per heavy atom. The summed E-state index contributed by atoms with van der Waals surface area (Å²) in [5.41, 5.74) is 7.54. The van der Waals surface area contributed by atoms with Gasteiger partial charge in [0.25, 0.3) is 0 Å².